The summed E-state index contributed by atoms with van der Waals surface area (Å²) in [5, 5.41) is 0. The molecule has 2 N–H and O–H groups in total. The maximum Gasteiger partial charge on any atom is 0.122 e. The molecule has 1 aromatic heterocycles. The molecule has 1 saturated heterocycles. The van der Waals surface area contributed by atoms with Crippen molar-refractivity contribution in [3.05, 3.63) is 23.7 Å². The Labute approximate surface area is 96.4 Å². The summed E-state index contributed by atoms with van der Waals surface area (Å²) < 4.78 is 11.1. The van der Waals surface area contributed by atoms with Crippen molar-refractivity contribution < 1.29 is 9.15 Å². The highest BCUT2D eigenvalue weighted by Gasteiger charge is 2.17. The first-order valence-corrected chi connectivity index (χ1v) is 5.85. The van der Waals surface area contributed by atoms with Crippen LogP contribution in [0.4, 0.5) is 0 Å². The first kappa shape index (κ1) is 11.6. The molecule has 0 bridgehead atoms. The molecule has 0 spiro atoms. The molecule has 0 saturated carbocycles. The van der Waals surface area contributed by atoms with Crippen molar-refractivity contribution in [1.82, 2.24) is 4.90 Å². The van der Waals surface area contributed by atoms with Gasteiger partial charge in [-0.15, -0.1) is 0 Å². The quantitative estimate of drug-likeness (QED) is 0.838. The average molecular weight is 224 g/mol. The molecular weight excluding hydrogens is 204 g/mol. The minimum atomic E-state index is 0.386. The van der Waals surface area contributed by atoms with Crippen LogP contribution in [0.5, 0.6) is 0 Å². The molecular formula is C12H20N2O2. The predicted octanol–water partition coefficient (Wildman–Crippen LogP) is 1.35. The normalized spacial score (nSPS) is 19.1. The summed E-state index contributed by atoms with van der Waals surface area (Å²) in [7, 11) is 2.15. The van der Waals surface area contributed by atoms with Crippen LogP contribution in [0.15, 0.2) is 16.7 Å². The molecule has 16 heavy (non-hydrogen) atoms. The lowest BCUT2D eigenvalue weighted by molar-refractivity contribution is 0.00161. The van der Waals surface area contributed by atoms with Gasteiger partial charge in [0.1, 0.15) is 5.76 Å². The number of hydrogen-bond donors (Lipinski definition) is 1. The Morgan fingerprint density at radius 2 is 2.25 bits per heavy atom. The van der Waals surface area contributed by atoms with E-state index in [9.17, 15) is 0 Å². The van der Waals surface area contributed by atoms with Gasteiger partial charge in [-0.2, -0.15) is 0 Å². The van der Waals surface area contributed by atoms with Crippen LogP contribution in [0, 0.1) is 0 Å². The molecule has 0 atom stereocenters. The van der Waals surface area contributed by atoms with E-state index in [1.54, 1.807) is 6.26 Å². The van der Waals surface area contributed by atoms with Gasteiger partial charge in [0.25, 0.3) is 0 Å². The highest BCUT2D eigenvalue weighted by molar-refractivity contribution is 5.15. The summed E-state index contributed by atoms with van der Waals surface area (Å²) in [5.74, 6) is 0.841. The van der Waals surface area contributed by atoms with Crippen LogP contribution >= 0.6 is 0 Å². The fraction of sp³-hybridized carbons (Fsp3) is 0.667. The van der Waals surface area contributed by atoms with Crippen LogP contribution in [0.1, 0.15) is 24.2 Å². The first-order valence-electron chi connectivity index (χ1n) is 5.85. The number of nitrogens with two attached hydrogens (primary N) is 1. The van der Waals surface area contributed by atoms with Gasteiger partial charge in [-0.05, 0) is 26.0 Å². The van der Waals surface area contributed by atoms with E-state index in [4.69, 9.17) is 14.9 Å². The molecule has 1 aliphatic rings. The number of ether oxygens (including phenoxy) is 1. The van der Waals surface area contributed by atoms with Crippen molar-refractivity contribution in [2.24, 2.45) is 5.73 Å². The lowest BCUT2D eigenvalue weighted by Crippen LogP contribution is -2.34. The summed E-state index contributed by atoms with van der Waals surface area (Å²) in [4.78, 5) is 2.34. The molecule has 0 aliphatic carbocycles. The largest absolute Gasteiger partial charge is 0.468 e. The average Bonchev–Trinajstić information content (AvgIpc) is 2.76. The summed E-state index contributed by atoms with van der Waals surface area (Å²) in [6.07, 6.45) is 4.30. The molecule has 1 aromatic rings. The third-order valence-electron chi connectivity index (χ3n) is 3.16. The predicted molar refractivity (Wildman–Crippen MR) is 61.9 cm³/mol. The molecule has 0 amide bonds. The van der Waals surface area contributed by atoms with Gasteiger partial charge < -0.3 is 19.8 Å². The molecule has 0 aromatic carbocycles. The number of likely N-dealkylation sites (tertiary alicyclic amines) is 1. The second-order valence-corrected chi connectivity index (χ2v) is 4.39. The van der Waals surface area contributed by atoms with Crippen LogP contribution < -0.4 is 5.73 Å². The first-order chi connectivity index (χ1) is 7.79. The Morgan fingerprint density at radius 1 is 1.50 bits per heavy atom. The van der Waals surface area contributed by atoms with Crippen LogP contribution in [0.3, 0.4) is 0 Å². The number of rotatable bonds is 4. The van der Waals surface area contributed by atoms with E-state index in [2.05, 4.69) is 11.9 Å². The summed E-state index contributed by atoms with van der Waals surface area (Å²) in [6, 6.07) is 1.94. The Balaban J connectivity index is 1.79. The van der Waals surface area contributed by atoms with E-state index >= 15 is 0 Å². The zero-order chi connectivity index (χ0) is 11.4. The van der Waals surface area contributed by atoms with Gasteiger partial charge in [-0.1, -0.05) is 0 Å². The maximum absolute atomic E-state index is 5.88. The molecule has 0 unspecified atom stereocenters. The van der Waals surface area contributed by atoms with Crippen molar-refractivity contribution in [3.8, 4) is 0 Å². The smallest absolute Gasteiger partial charge is 0.122 e. The van der Waals surface area contributed by atoms with Crippen molar-refractivity contribution >= 4 is 0 Å². The highest BCUT2D eigenvalue weighted by Crippen LogP contribution is 2.16. The van der Waals surface area contributed by atoms with Gasteiger partial charge in [-0.25, -0.2) is 0 Å². The van der Waals surface area contributed by atoms with E-state index in [1.165, 1.54) is 0 Å². The van der Waals surface area contributed by atoms with Crippen molar-refractivity contribution in [1.29, 1.82) is 0 Å². The van der Waals surface area contributed by atoms with Gasteiger partial charge in [0.2, 0.25) is 0 Å². The zero-order valence-electron chi connectivity index (χ0n) is 9.82. The third-order valence-corrected chi connectivity index (χ3v) is 3.16. The molecule has 4 nitrogen and oxygen atoms in total. The summed E-state index contributed by atoms with van der Waals surface area (Å²) >= 11 is 0. The van der Waals surface area contributed by atoms with Gasteiger partial charge in [0.15, 0.2) is 0 Å². The Kier molecular flexibility index (Phi) is 3.98. The molecule has 1 aliphatic heterocycles. The Hall–Kier alpha value is -0.840. The number of hydrogen-bond acceptors (Lipinski definition) is 4. The second kappa shape index (κ2) is 5.48. The van der Waals surface area contributed by atoms with Gasteiger partial charge >= 0.3 is 0 Å². The van der Waals surface area contributed by atoms with Gasteiger partial charge in [-0.3, -0.25) is 0 Å². The van der Waals surface area contributed by atoms with Gasteiger partial charge in [0, 0.05) is 18.7 Å². The SMILES string of the molecule is CN1CCC(OCc2ccoc2CN)CC1. The van der Waals surface area contributed by atoms with Crippen LogP contribution in [-0.2, 0) is 17.9 Å². The standard InChI is InChI=1S/C12H20N2O2/c1-14-5-2-11(3-6-14)16-9-10-4-7-15-12(10)8-13/h4,7,11H,2-3,5-6,8-9,13H2,1H3. The van der Waals surface area contributed by atoms with Crippen LogP contribution in [-0.4, -0.2) is 31.1 Å². The Bertz CT molecular complexity index is 317. The summed E-state index contributed by atoms with van der Waals surface area (Å²) in [5.41, 5.74) is 6.65. The maximum atomic E-state index is 5.88. The number of nitrogens with zero attached hydrogens (tertiary/aromatic N) is 1. The van der Waals surface area contributed by atoms with E-state index in [0.29, 0.717) is 19.3 Å². The molecule has 0 radical (unpaired) electrons. The van der Waals surface area contributed by atoms with Crippen LogP contribution in [0.25, 0.3) is 0 Å². The second-order valence-electron chi connectivity index (χ2n) is 4.39. The summed E-state index contributed by atoms with van der Waals surface area (Å²) in [6.45, 7) is 3.32. The fourth-order valence-electron chi connectivity index (χ4n) is 2.03. The highest BCUT2D eigenvalue weighted by atomic mass is 16.5. The van der Waals surface area contributed by atoms with E-state index in [0.717, 1.165) is 37.3 Å². The molecule has 4 heteroatoms. The van der Waals surface area contributed by atoms with E-state index in [-0.39, 0.29) is 0 Å². The van der Waals surface area contributed by atoms with E-state index < -0.39 is 0 Å². The van der Waals surface area contributed by atoms with Gasteiger partial charge in [0.05, 0.1) is 25.5 Å². The molecule has 2 rings (SSSR count). The van der Waals surface area contributed by atoms with Crippen molar-refractivity contribution in [3.63, 3.8) is 0 Å². The molecule has 90 valence electrons. The van der Waals surface area contributed by atoms with Crippen molar-refractivity contribution in [2.45, 2.75) is 32.1 Å². The topological polar surface area (TPSA) is 51.6 Å². The minimum absolute atomic E-state index is 0.386. The molecule has 1 fully saturated rings. The lowest BCUT2D eigenvalue weighted by atomic mass is 10.1. The fourth-order valence-corrected chi connectivity index (χ4v) is 2.03. The third kappa shape index (κ3) is 2.84. The number of furan rings is 1. The van der Waals surface area contributed by atoms with Crippen LogP contribution in [0.2, 0.25) is 0 Å². The minimum Gasteiger partial charge on any atom is -0.468 e. The van der Waals surface area contributed by atoms with E-state index in [1.807, 2.05) is 6.07 Å². The Morgan fingerprint density at radius 3 is 2.94 bits per heavy atom. The van der Waals surface area contributed by atoms with Crippen molar-refractivity contribution in [2.75, 3.05) is 20.1 Å². The number of piperidine rings is 1. The monoisotopic (exact) mass is 224 g/mol. The molecule has 2 heterocycles. The zero-order valence-corrected chi connectivity index (χ0v) is 9.82. The lowest BCUT2D eigenvalue weighted by Gasteiger charge is -2.28.